The van der Waals surface area contributed by atoms with Crippen LogP contribution in [0.2, 0.25) is 0 Å². The van der Waals surface area contributed by atoms with E-state index >= 15 is 0 Å². The van der Waals surface area contributed by atoms with E-state index in [1.54, 1.807) is 0 Å². The molecule has 2 heterocycles. The largest absolute Gasteiger partial charge is 0.462 e. The van der Waals surface area contributed by atoms with Crippen molar-refractivity contribution in [2.75, 3.05) is 0 Å². The number of cyclic esters (lactones) is 1. The summed E-state index contributed by atoms with van der Waals surface area (Å²) < 4.78 is 11.4. The van der Waals surface area contributed by atoms with Crippen molar-refractivity contribution >= 4 is 12.1 Å². The highest BCUT2D eigenvalue weighted by atomic mass is 16.6. The van der Waals surface area contributed by atoms with Gasteiger partial charge in [0.25, 0.3) is 0 Å². The van der Waals surface area contributed by atoms with Gasteiger partial charge in [0.15, 0.2) is 0 Å². The highest BCUT2D eigenvalue weighted by molar-refractivity contribution is 5.75. The maximum absolute atomic E-state index is 13.0. The van der Waals surface area contributed by atoms with Crippen molar-refractivity contribution < 1.29 is 19.1 Å². The van der Waals surface area contributed by atoms with E-state index in [2.05, 4.69) is 18.8 Å². The zero-order chi connectivity index (χ0) is 22.3. The van der Waals surface area contributed by atoms with Gasteiger partial charge in [-0.15, -0.1) is 0 Å². The molecule has 0 aromatic heterocycles. The maximum atomic E-state index is 13.0. The Morgan fingerprint density at radius 3 is 2.55 bits per heavy atom. The number of ether oxygens (including phenoxy) is 2. The van der Waals surface area contributed by atoms with Crippen molar-refractivity contribution in [2.45, 2.75) is 110 Å². The first-order chi connectivity index (χ1) is 14.7. The molecule has 0 spiro atoms. The summed E-state index contributed by atoms with van der Waals surface area (Å²) in [5.41, 5.74) is -0.519. The SMILES string of the molecule is C[C@@H]1OC(=O)[C@H]2C[C@@H]3CCCC[C@@H]3[C@@H](C#C[C@H]3CCC[C@H](C)N3C(=O)OC(C)(C)C)[C@H]12. The van der Waals surface area contributed by atoms with Crippen LogP contribution in [0.3, 0.4) is 0 Å². The molecule has 0 aromatic carbocycles. The van der Waals surface area contributed by atoms with Crippen LogP contribution in [-0.4, -0.2) is 40.8 Å². The summed E-state index contributed by atoms with van der Waals surface area (Å²) in [5.74, 6) is 8.67. The number of carbonyl (C=O) groups excluding carboxylic acids is 2. The van der Waals surface area contributed by atoms with Crippen molar-refractivity contribution in [3.63, 3.8) is 0 Å². The number of rotatable bonds is 0. The van der Waals surface area contributed by atoms with Crippen LogP contribution in [0.15, 0.2) is 0 Å². The molecule has 5 nitrogen and oxygen atoms in total. The molecule has 4 aliphatic rings. The molecule has 31 heavy (non-hydrogen) atoms. The Hall–Kier alpha value is -1.70. The lowest BCUT2D eigenvalue weighted by Gasteiger charge is -2.45. The fourth-order valence-electron chi connectivity index (χ4n) is 6.59. The number of fused-ring (bicyclic) bond motifs is 2. The number of esters is 1. The van der Waals surface area contributed by atoms with Crippen LogP contribution in [0.5, 0.6) is 0 Å². The maximum Gasteiger partial charge on any atom is 0.411 e. The molecule has 5 heteroatoms. The molecule has 8 atom stereocenters. The van der Waals surface area contributed by atoms with Gasteiger partial charge in [-0.2, -0.15) is 0 Å². The Morgan fingerprint density at radius 2 is 1.81 bits per heavy atom. The monoisotopic (exact) mass is 429 g/mol. The number of likely N-dealkylation sites (tertiary alicyclic amines) is 1. The average Bonchev–Trinajstić information content (AvgIpc) is 2.97. The molecule has 2 saturated carbocycles. The van der Waals surface area contributed by atoms with Gasteiger partial charge in [0.1, 0.15) is 11.7 Å². The molecule has 0 bridgehead atoms. The Labute approximate surface area is 187 Å². The zero-order valence-corrected chi connectivity index (χ0v) is 19.9. The van der Waals surface area contributed by atoms with Gasteiger partial charge in [-0.1, -0.05) is 31.1 Å². The van der Waals surface area contributed by atoms with E-state index < -0.39 is 5.60 Å². The summed E-state index contributed by atoms with van der Waals surface area (Å²) in [6, 6.07) is 0.00842. The van der Waals surface area contributed by atoms with Gasteiger partial charge in [-0.25, -0.2) is 4.79 Å². The number of piperidine rings is 1. The Morgan fingerprint density at radius 1 is 1.06 bits per heavy atom. The summed E-state index contributed by atoms with van der Waals surface area (Å²) in [4.78, 5) is 27.3. The molecule has 0 N–H and O–H groups in total. The lowest BCUT2D eigenvalue weighted by molar-refractivity contribution is -0.144. The normalized spacial score (nSPS) is 40.2. The van der Waals surface area contributed by atoms with Crippen molar-refractivity contribution in [1.29, 1.82) is 0 Å². The third kappa shape index (κ3) is 4.59. The lowest BCUT2D eigenvalue weighted by atomic mass is 9.57. The summed E-state index contributed by atoms with van der Waals surface area (Å²) in [7, 11) is 0. The second kappa shape index (κ2) is 8.68. The van der Waals surface area contributed by atoms with Crippen LogP contribution in [-0.2, 0) is 14.3 Å². The van der Waals surface area contributed by atoms with Crippen LogP contribution in [0.1, 0.15) is 86.0 Å². The number of hydrogen-bond acceptors (Lipinski definition) is 4. The van der Waals surface area contributed by atoms with Crippen LogP contribution in [0.25, 0.3) is 0 Å². The minimum Gasteiger partial charge on any atom is -0.462 e. The molecular weight excluding hydrogens is 390 g/mol. The van der Waals surface area contributed by atoms with Gasteiger partial charge in [0.2, 0.25) is 0 Å². The fraction of sp³-hybridized carbons (Fsp3) is 0.846. The molecule has 2 aliphatic heterocycles. The van der Waals surface area contributed by atoms with Crippen LogP contribution >= 0.6 is 0 Å². The van der Waals surface area contributed by atoms with Crippen LogP contribution < -0.4 is 0 Å². The van der Waals surface area contributed by atoms with Crippen LogP contribution in [0.4, 0.5) is 4.79 Å². The van der Waals surface area contributed by atoms with Crippen molar-refractivity contribution in [3.05, 3.63) is 0 Å². The molecule has 0 aromatic rings. The third-order valence-electron chi connectivity index (χ3n) is 7.94. The predicted octanol–water partition coefficient (Wildman–Crippen LogP) is 5.17. The first-order valence-electron chi connectivity index (χ1n) is 12.4. The van der Waals surface area contributed by atoms with E-state index in [-0.39, 0.29) is 48.0 Å². The van der Waals surface area contributed by atoms with Crippen molar-refractivity contribution in [3.8, 4) is 11.8 Å². The van der Waals surface area contributed by atoms with E-state index in [0.29, 0.717) is 11.8 Å². The Kier molecular flexibility index (Phi) is 6.30. The summed E-state index contributed by atoms with van der Waals surface area (Å²) >= 11 is 0. The average molecular weight is 430 g/mol. The predicted molar refractivity (Wildman–Crippen MR) is 119 cm³/mol. The van der Waals surface area contributed by atoms with Gasteiger partial charge in [0, 0.05) is 17.9 Å². The molecular formula is C26H39NO4. The Balaban J connectivity index is 1.60. The molecule has 0 unspecified atom stereocenters. The van der Waals surface area contributed by atoms with E-state index in [1.807, 2.05) is 32.6 Å². The first kappa shape index (κ1) is 22.5. The van der Waals surface area contributed by atoms with E-state index in [4.69, 9.17) is 9.47 Å². The number of hydrogen-bond donors (Lipinski definition) is 0. The van der Waals surface area contributed by atoms with E-state index in [9.17, 15) is 9.59 Å². The van der Waals surface area contributed by atoms with Gasteiger partial charge in [0.05, 0.1) is 12.0 Å². The Bertz CT molecular complexity index is 760. The molecule has 4 rings (SSSR count). The fourth-order valence-corrected chi connectivity index (χ4v) is 6.59. The topological polar surface area (TPSA) is 55.8 Å². The highest BCUT2D eigenvalue weighted by Gasteiger charge is 2.54. The molecule has 4 fully saturated rings. The minimum atomic E-state index is -0.519. The van der Waals surface area contributed by atoms with Crippen molar-refractivity contribution in [1.82, 2.24) is 4.90 Å². The number of nitrogens with zero attached hydrogens (tertiary/aromatic N) is 1. The molecule has 1 amide bonds. The zero-order valence-electron chi connectivity index (χ0n) is 19.9. The molecule has 0 radical (unpaired) electrons. The first-order valence-corrected chi connectivity index (χ1v) is 12.4. The molecule has 2 aliphatic carbocycles. The molecule has 2 saturated heterocycles. The van der Waals surface area contributed by atoms with Gasteiger partial charge < -0.3 is 9.47 Å². The van der Waals surface area contributed by atoms with Gasteiger partial charge in [-0.05, 0) is 78.6 Å². The minimum absolute atomic E-state index is 0.000823. The standard InChI is InChI=1S/C26H39NO4/c1-16-9-8-11-19(27(16)25(29)31-26(3,4)5)13-14-21-20-12-7-6-10-18(20)15-22-23(21)17(2)30-24(22)28/h16-23H,6-12,15H2,1-5H3/t16-,17-,18-,19+,20-,21+,22-,23-/m0/s1. The summed E-state index contributed by atoms with van der Waals surface area (Å²) in [6.07, 6.45) is 8.51. The van der Waals surface area contributed by atoms with E-state index in [1.165, 1.54) is 25.7 Å². The van der Waals surface area contributed by atoms with E-state index in [0.717, 1.165) is 25.7 Å². The summed E-state index contributed by atoms with van der Waals surface area (Å²) in [6.45, 7) is 9.85. The van der Waals surface area contributed by atoms with Gasteiger partial charge in [-0.3, -0.25) is 9.69 Å². The van der Waals surface area contributed by atoms with Crippen LogP contribution in [0, 0.1) is 41.4 Å². The van der Waals surface area contributed by atoms with Gasteiger partial charge >= 0.3 is 12.1 Å². The quantitative estimate of drug-likeness (QED) is 0.394. The molecule has 172 valence electrons. The lowest BCUT2D eigenvalue weighted by Crippen LogP contribution is -2.50. The summed E-state index contributed by atoms with van der Waals surface area (Å²) in [5, 5.41) is 0. The second-order valence-electron chi connectivity index (χ2n) is 11.3. The number of amides is 1. The highest BCUT2D eigenvalue weighted by Crippen LogP contribution is 2.52. The van der Waals surface area contributed by atoms with Crippen molar-refractivity contribution in [2.24, 2.45) is 29.6 Å². The third-order valence-corrected chi connectivity index (χ3v) is 7.94. The second-order valence-corrected chi connectivity index (χ2v) is 11.3. The smallest absolute Gasteiger partial charge is 0.411 e. The number of carbonyl (C=O) groups is 2.